The molecule has 0 amide bonds. The third kappa shape index (κ3) is 2.72. The van der Waals surface area contributed by atoms with Crippen LogP contribution in [0.15, 0.2) is 4.47 Å². The van der Waals surface area contributed by atoms with Crippen molar-refractivity contribution in [1.82, 2.24) is 15.1 Å². The lowest BCUT2D eigenvalue weighted by atomic mass is 10.1. The number of halogens is 1. The fraction of sp³-hybridized carbons (Fsp3) is 0.750. The summed E-state index contributed by atoms with van der Waals surface area (Å²) in [5.74, 6) is 0. The Hall–Kier alpha value is -0.390. The van der Waals surface area contributed by atoms with E-state index in [0.717, 1.165) is 42.6 Å². The van der Waals surface area contributed by atoms with Gasteiger partial charge in [0.25, 0.3) is 0 Å². The van der Waals surface area contributed by atoms with Gasteiger partial charge < -0.3 is 10.4 Å². The molecular formula is C12H20BrN3O. The summed E-state index contributed by atoms with van der Waals surface area (Å²) in [7, 11) is 0. The van der Waals surface area contributed by atoms with Crippen LogP contribution >= 0.6 is 15.9 Å². The minimum absolute atomic E-state index is 0.165. The maximum Gasteiger partial charge on any atom is 0.0739 e. The van der Waals surface area contributed by atoms with Crippen LogP contribution in [-0.4, -0.2) is 28.0 Å². The first-order valence-electron chi connectivity index (χ1n) is 6.15. The van der Waals surface area contributed by atoms with Crippen LogP contribution in [-0.2, 0) is 13.1 Å². The topological polar surface area (TPSA) is 50.1 Å². The molecular weight excluding hydrogens is 282 g/mol. The van der Waals surface area contributed by atoms with E-state index in [4.69, 9.17) is 0 Å². The summed E-state index contributed by atoms with van der Waals surface area (Å²) in [6.07, 6.45) is 2.29. The summed E-state index contributed by atoms with van der Waals surface area (Å²) < 4.78 is 3.12. The molecule has 2 rings (SSSR count). The summed E-state index contributed by atoms with van der Waals surface area (Å²) in [5.41, 5.74) is 2.39. The van der Waals surface area contributed by atoms with Crippen molar-refractivity contribution in [2.24, 2.45) is 5.41 Å². The van der Waals surface area contributed by atoms with Gasteiger partial charge in [0.15, 0.2) is 0 Å². The lowest BCUT2D eigenvalue weighted by Crippen LogP contribution is -2.27. The van der Waals surface area contributed by atoms with E-state index in [1.165, 1.54) is 5.69 Å². The van der Waals surface area contributed by atoms with Crippen LogP contribution in [0.2, 0.25) is 0 Å². The second-order valence-corrected chi connectivity index (χ2v) is 5.72. The lowest BCUT2D eigenvalue weighted by Gasteiger charge is -2.13. The van der Waals surface area contributed by atoms with Crippen molar-refractivity contribution in [3.8, 4) is 0 Å². The first-order valence-corrected chi connectivity index (χ1v) is 6.94. The first-order chi connectivity index (χ1) is 8.12. The van der Waals surface area contributed by atoms with E-state index in [2.05, 4.69) is 33.3 Å². The Morgan fingerprint density at radius 1 is 1.53 bits per heavy atom. The van der Waals surface area contributed by atoms with Crippen molar-refractivity contribution in [2.75, 3.05) is 13.2 Å². The van der Waals surface area contributed by atoms with Gasteiger partial charge in [-0.15, -0.1) is 0 Å². The number of nitrogens with zero attached hydrogens (tertiary/aromatic N) is 2. The zero-order chi connectivity index (χ0) is 12.5. The second kappa shape index (κ2) is 5.08. The van der Waals surface area contributed by atoms with Gasteiger partial charge in [0.05, 0.1) is 15.9 Å². The van der Waals surface area contributed by atoms with Gasteiger partial charge in [-0.3, -0.25) is 4.68 Å². The fourth-order valence-corrected chi connectivity index (χ4v) is 2.48. The number of aliphatic hydroxyl groups excluding tert-OH is 1. The van der Waals surface area contributed by atoms with Crippen LogP contribution in [0.5, 0.6) is 0 Å². The summed E-state index contributed by atoms with van der Waals surface area (Å²) in [6.45, 7) is 6.98. The van der Waals surface area contributed by atoms with Crippen molar-refractivity contribution in [3.05, 3.63) is 15.9 Å². The summed E-state index contributed by atoms with van der Waals surface area (Å²) in [5, 5.41) is 17.1. The molecule has 0 aromatic carbocycles. The molecule has 1 heterocycles. The zero-order valence-electron chi connectivity index (χ0n) is 10.5. The van der Waals surface area contributed by atoms with Gasteiger partial charge in [0.2, 0.25) is 0 Å². The molecule has 0 radical (unpaired) electrons. The highest BCUT2D eigenvalue weighted by Crippen LogP contribution is 2.44. The van der Waals surface area contributed by atoms with Gasteiger partial charge in [0.1, 0.15) is 0 Å². The minimum atomic E-state index is 0.165. The highest BCUT2D eigenvalue weighted by Gasteiger charge is 2.41. The SMILES string of the molecule is CCn1nc(C)c(Br)c1CNCC1(CO)CC1. The van der Waals surface area contributed by atoms with E-state index in [0.29, 0.717) is 6.61 Å². The third-order valence-electron chi connectivity index (χ3n) is 3.54. The van der Waals surface area contributed by atoms with Gasteiger partial charge >= 0.3 is 0 Å². The number of hydrogen-bond donors (Lipinski definition) is 2. The molecule has 1 aliphatic rings. The average molecular weight is 302 g/mol. The molecule has 5 heteroatoms. The molecule has 4 nitrogen and oxygen atoms in total. The normalized spacial score (nSPS) is 17.4. The van der Waals surface area contributed by atoms with E-state index in [-0.39, 0.29) is 5.41 Å². The summed E-state index contributed by atoms with van der Waals surface area (Å²) in [6, 6.07) is 0. The molecule has 0 aliphatic heterocycles. The number of rotatable bonds is 6. The molecule has 0 atom stereocenters. The number of aryl methyl sites for hydroxylation is 2. The van der Waals surface area contributed by atoms with Crippen molar-refractivity contribution >= 4 is 15.9 Å². The molecule has 1 saturated carbocycles. The molecule has 0 saturated heterocycles. The highest BCUT2D eigenvalue weighted by atomic mass is 79.9. The molecule has 1 fully saturated rings. The van der Waals surface area contributed by atoms with E-state index >= 15 is 0 Å². The molecule has 17 heavy (non-hydrogen) atoms. The van der Waals surface area contributed by atoms with Gasteiger partial charge in [-0.1, -0.05) is 0 Å². The van der Waals surface area contributed by atoms with E-state index in [1.54, 1.807) is 0 Å². The molecule has 96 valence electrons. The van der Waals surface area contributed by atoms with Crippen LogP contribution in [0, 0.1) is 12.3 Å². The molecule has 0 unspecified atom stereocenters. The van der Waals surface area contributed by atoms with Crippen molar-refractivity contribution in [2.45, 2.75) is 39.8 Å². The average Bonchev–Trinajstić information content (AvgIpc) is 3.06. The number of nitrogens with one attached hydrogen (secondary N) is 1. The fourth-order valence-electron chi connectivity index (χ4n) is 2.05. The minimum Gasteiger partial charge on any atom is -0.396 e. The molecule has 2 N–H and O–H groups in total. The second-order valence-electron chi connectivity index (χ2n) is 4.92. The standard InChI is InChI=1S/C12H20BrN3O/c1-3-16-10(11(13)9(2)15-16)6-14-7-12(8-17)4-5-12/h14,17H,3-8H2,1-2H3. The Balaban J connectivity index is 1.94. The Morgan fingerprint density at radius 3 is 2.76 bits per heavy atom. The molecule has 0 spiro atoms. The highest BCUT2D eigenvalue weighted by molar-refractivity contribution is 9.10. The maximum absolute atomic E-state index is 9.25. The van der Waals surface area contributed by atoms with Crippen LogP contribution in [0.4, 0.5) is 0 Å². The maximum atomic E-state index is 9.25. The Kier molecular flexibility index (Phi) is 3.90. The predicted octanol–water partition coefficient (Wildman–Crippen LogP) is 1.84. The van der Waals surface area contributed by atoms with Gasteiger partial charge in [-0.25, -0.2) is 0 Å². The largest absolute Gasteiger partial charge is 0.396 e. The number of aromatic nitrogens is 2. The van der Waals surface area contributed by atoms with Gasteiger partial charge in [-0.2, -0.15) is 5.10 Å². The molecule has 0 bridgehead atoms. The molecule has 1 aliphatic carbocycles. The van der Waals surface area contributed by atoms with Crippen LogP contribution < -0.4 is 5.32 Å². The van der Waals surface area contributed by atoms with E-state index in [9.17, 15) is 5.11 Å². The summed E-state index contributed by atoms with van der Waals surface area (Å²) in [4.78, 5) is 0. The quantitative estimate of drug-likeness (QED) is 0.843. The van der Waals surface area contributed by atoms with E-state index in [1.807, 2.05) is 11.6 Å². The van der Waals surface area contributed by atoms with E-state index < -0.39 is 0 Å². The Bertz CT molecular complexity index is 399. The monoisotopic (exact) mass is 301 g/mol. The van der Waals surface area contributed by atoms with Crippen molar-refractivity contribution < 1.29 is 5.11 Å². The summed E-state index contributed by atoms with van der Waals surface area (Å²) >= 11 is 3.58. The van der Waals surface area contributed by atoms with Crippen molar-refractivity contribution in [1.29, 1.82) is 0 Å². The lowest BCUT2D eigenvalue weighted by molar-refractivity contribution is 0.207. The Morgan fingerprint density at radius 2 is 2.24 bits per heavy atom. The third-order valence-corrected chi connectivity index (χ3v) is 4.57. The van der Waals surface area contributed by atoms with Crippen LogP contribution in [0.3, 0.4) is 0 Å². The van der Waals surface area contributed by atoms with Crippen LogP contribution in [0.1, 0.15) is 31.2 Å². The molecule has 1 aromatic rings. The first kappa shape index (κ1) is 13.1. The number of hydrogen-bond acceptors (Lipinski definition) is 3. The smallest absolute Gasteiger partial charge is 0.0739 e. The van der Waals surface area contributed by atoms with Crippen molar-refractivity contribution in [3.63, 3.8) is 0 Å². The Labute approximate surface area is 111 Å². The zero-order valence-corrected chi connectivity index (χ0v) is 12.0. The van der Waals surface area contributed by atoms with Gasteiger partial charge in [0, 0.05) is 31.7 Å². The van der Waals surface area contributed by atoms with Gasteiger partial charge in [-0.05, 0) is 42.6 Å². The predicted molar refractivity (Wildman–Crippen MR) is 70.8 cm³/mol. The number of aliphatic hydroxyl groups is 1. The molecule has 1 aromatic heterocycles. The van der Waals surface area contributed by atoms with Crippen LogP contribution in [0.25, 0.3) is 0 Å².